The Kier molecular flexibility index (Phi) is 7.46. The van der Waals surface area contributed by atoms with Crippen LogP contribution in [-0.4, -0.2) is 60.6 Å². The maximum atomic E-state index is 5.57. The highest BCUT2D eigenvalue weighted by Crippen LogP contribution is 2.29. The number of anilines is 1. The fourth-order valence-electron chi connectivity index (χ4n) is 4.76. The molecule has 0 amide bonds. The van der Waals surface area contributed by atoms with Crippen LogP contribution in [-0.2, 0) is 24.9 Å². The van der Waals surface area contributed by atoms with E-state index in [2.05, 4.69) is 58.2 Å². The van der Waals surface area contributed by atoms with Crippen LogP contribution in [0.4, 0.5) is 5.82 Å². The van der Waals surface area contributed by atoms with Crippen molar-refractivity contribution in [3.63, 3.8) is 0 Å². The summed E-state index contributed by atoms with van der Waals surface area (Å²) in [6.07, 6.45) is 2.58. The molecular formula is C23H37N5OS. The first-order chi connectivity index (χ1) is 14.6. The Hall–Kier alpha value is -1.41. The van der Waals surface area contributed by atoms with E-state index < -0.39 is 0 Å². The van der Waals surface area contributed by atoms with Gasteiger partial charge in [0.25, 0.3) is 0 Å². The summed E-state index contributed by atoms with van der Waals surface area (Å²) in [6, 6.07) is 4.41. The third-order valence-corrected chi connectivity index (χ3v) is 7.26. The predicted molar refractivity (Wildman–Crippen MR) is 124 cm³/mol. The van der Waals surface area contributed by atoms with E-state index in [1.165, 1.54) is 47.9 Å². The number of hydrogen-bond donors (Lipinski definition) is 1. The lowest BCUT2D eigenvalue weighted by Crippen LogP contribution is -2.38. The number of aryl methyl sites for hydroxylation is 1. The smallest absolute Gasteiger partial charge is 0.131 e. The van der Waals surface area contributed by atoms with E-state index in [4.69, 9.17) is 9.84 Å². The third-order valence-electron chi connectivity index (χ3n) is 6.40. The Morgan fingerprint density at radius 2 is 1.97 bits per heavy atom. The zero-order valence-electron chi connectivity index (χ0n) is 18.8. The SMILES string of the molecule is CC(C)c1nn(C)c(N2CCOCC2)c1CNCC1CCN(Cc2cccs2)CC1. The van der Waals surface area contributed by atoms with Gasteiger partial charge in [-0.2, -0.15) is 5.10 Å². The van der Waals surface area contributed by atoms with E-state index in [-0.39, 0.29) is 0 Å². The summed E-state index contributed by atoms with van der Waals surface area (Å²) in [6.45, 7) is 13.6. The number of thiophene rings is 1. The molecule has 30 heavy (non-hydrogen) atoms. The number of morpholine rings is 1. The number of aromatic nitrogens is 2. The average Bonchev–Trinajstić information content (AvgIpc) is 3.37. The highest BCUT2D eigenvalue weighted by atomic mass is 32.1. The molecule has 0 atom stereocenters. The van der Waals surface area contributed by atoms with Crippen molar-refractivity contribution in [3.05, 3.63) is 33.6 Å². The minimum absolute atomic E-state index is 0.434. The van der Waals surface area contributed by atoms with Crippen molar-refractivity contribution in [1.29, 1.82) is 0 Å². The van der Waals surface area contributed by atoms with Gasteiger partial charge in [0, 0.05) is 43.7 Å². The number of piperidine rings is 1. The molecule has 4 rings (SSSR count). The molecule has 0 bridgehead atoms. The maximum Gasteiger partial charge on any atom is 0.131 e. The molecule has 0 saturated carbocycles. The number of hydrogen-bond acceptors (Lipinski definition) is 6. The van der Waals surface area contributed by atoms with Gasteiger partial charge in [0.2, 0.25) is 0 Å². The second-order valence-electron chi connectivity index (χ2n) is 8.99. The highest BCUT2D eigenvalue weighted by Gasteiger charge is 2.25. The van der Waals surface area contributed by atoms with Crippen LogP contribution < -0.4 is 10.2 Å². The second-order valence-corrected chi connectivity index (χ2v) is 10.0. The molecule has 0 aromatic carbocycles. The molecular weight excluding hydrogens is 394 g/mol. The quantitative estimate of drug-likeness (QED) is 0.694. The van der Waals surface area contributed by atoms with Crippen molar-refractivity contribution >= 4 is 17.2 Å². The molecule has 2 saturated heterocycles. The van der Waals surface area contributed by atoms with Gasteiger partial charge in [-0.3, -0.25) is 9.58 Å². The Balaban J connectivity index is 1.31. The van der Waals surface area contributed by atoms with Crippen molar-refractivity contribution in [1.82, 2.24) is 20.0 Å². The summed E-state index contributed by atoms with van der Waals surface area (Å²) in [7, 11) is 2.09. The lowest BCUT2D eigenvalue weighted by molar-refractivity contribution is 0.122. The first kappa shape index (κ1) is 21.8. The number of rotatable bonds is 8. The van der Waals surface area contributed by atoms with Gasteiger partial charge in [0.1, 0.15) is 5.82 Å². The topological polar surface area (TPSA) is 45.6 Å². The fraction of sp³-hybridized carbons (Fsp3) is 0.696. The first-order valence-electron chi connectivity index (χ1n) is 11.5. The maximum absolute atomic E-state index is 5.57. The molecule has 2 aliphatic heterocycles. The molecule has 7 heteroatoms. The van der Waals surface area contributed by atoms with Gasteiger partial charge in [-0.25, -0.2) is 0 Å². The normalized spacial score (nSPS) is 19.1. The fourth-order valence-corrected chi connectivity index (χ4v) is 5.50. The summed E-state index contributed by atoms with van der Waals surface area (Å²) < 4.78 is 7.65. The van der Waals surface area contributed by atoms with Gasteiger partial charge in [-0.15, -0.1) is 11.3 Å². The van der Waals surface area contributed by atoms with Gasteiger partial charge in [0.15, 0.2) is 0 Å². The molecule has 2 fully saturated rings. The summed E-state index contributed by atoms with van der Waals surface area (Å²) in [4.78, 5) is 6.54. The van der Waals surface area contributed by atoms with Gasteiger partial charge in [0.05, 0.1) is 18.9 Å². The molecule has 0 unspecified atom stereocenters. The van der Waals surface area contributed by atoms with E-state index in [1.54, 1.807) is 0 Å². The van der Waals surface area contributed by atoms with Crippen molar-refractivity contribution in [3.8, 4) is 0 Å². The number of nitrogens with zero attached hydrogens (tertiary/aromatic N) is 4. The molecule has 166 valence electrons. The van der Waals surface area contributed by atoms with Gasteiger partial charge in [-0.05, 0) is 55.8 Å². The zero-order chi connectivity index (χ0) is 20.9. The van der Waals surface area contributed by atoms with Crippen LogP contribution >= 0.6 is 11.3 Å². The van der Waals surface area contributed by atoms with Crippen molar-refractivity contribution in [2.75, 3.05) is 50.8 Å². The van der Waals surface area contributed by atoms with Crippen LogP contribution in [0.3, 0.4) is 0 Å². The molecule has 6 nitrogen and oxygen atoms in total. The monoisotopic (exact) mass is 431 g/mol. The first-order valence-corrected chi connectivity index (χ1v) is 12.3. The largest absolute Gasteiger partial charge is 0.378 e. The van der Waals surface area contributed by atoms with Crippen LogP contribution in [0.1, 0.15) is 48.7 Å². The second kappa shape index (κ2) is 10.3. The third kappa shape index (κ3) is 5.25. The van der Waals surface area contributed by atoms with Crippen LogP contribution in [0.15, 0.2) is 17.5 Å². The molecule has 4 heterocycles. The molecule has 0 radical (unpaired) electrons. The van der Waals surface area contributed by atoms with E-state index >= 15 is 0 Å². The Bertz CT molecular complexity index is 774. The highest BCUT2D eigenvalue weighted by molar-refractivity contribution is 7.09. The predicted octanol–water partition coefficient (Wildman–Crippen LogP) is 3.44. The standard InChI is InChI=1S/C23H37N5OS/c1-18(2)22-21(23(26(3)25-22)28-10-12-29-13-11-28)16-24-15-19-6-8-27(9-7-19)17-20-5-4-14-30-20/h4-5,14,18-19,24H,6-13,15-17H2,1-3H3. The molecule has 0 spiro atoms. The summed E-state index contributed by atoms with van der Waals surface area (Å²) in [5.74, 6) is 2.49. The minimum atomic E-state index is 0.434. The number of ether oxygens (including phenoxy) is 1. The summed E-state index contributed by atoms with van der Waals surface area (Å²) in [5.41, 5.74) is 2.61. The average molecular weight is 432 g/mol. The lowest BCUT2D eigenvalue weighted by atomic mass is 9.96. The Morgan fingerprint density at radius 3 is 2.63 bits per heavy atom. The summed E-state index contributed by atoms with van der Waals surface area (Å²) in [5, 5.41) is 10.9. The van der Waals surface area contributed by atoms with Crippen molar-refractivity contribution in [2.45, 2.75) is 45.7 Å². The Morgan fingerprint density at radius 1 is 1.20 bits per heavy atom. The van der Waals surface area contributed by atoms with E-state index in [0.29, 0.717) is 5.92 Å². The van der Waals surface area contributed by atoms with Crippen LogP contribution in [0.5, 0.6) is 0 Å². The molecule has 1 N–H and O–H groups in total. The van der Waals surface area contributed by atoms with Crippen LogP contribution in [0.25, 0.3) is 0 Å². The molecule has 2 aliphatic rings. The van der Waals surface area contributed by atoms with E-state index in [9.17, 15) is 0 Å². The molecule has 2 aromatic rings. The van der Waals surface area contributed by atoms with E-state index in [0.717, 1.165) is 51.9 Å². The van der Waals surface area contributed by atoms with Gasteiger partial charge >= 0.3 is 0 Å². The lowest BCUT2D eigenvalue weighted by Gasteiger charge is -2.32. The minimum Gasteiger partial charge on any atom is -0.378 e. The Labute approximate surface area is 185 Å². The number of nitrogens with one attached hydrogen (secondary N) is 1. The number of likely N-dealkylation sites (tertiary alicyclic amines) is 1. The van der Waals surface area contributed by atoms with Crippen molar-refractivity contribution < 1.29 is 4.74 Å². The van der Waals surface area contributed by atoms with Crippen LogP contribution in [0.2, 0.25) is 0 Å². The van der Waals surface area contributed by atoms with Gasteiger partial charge in [-0.1, -0.05) is 19.9 Å². The van der Waals surface area contributed by atoms with E-state index in [1.807, 2.05) is 11.3 Å². The van der Waals surface area contributed by atoms with Gasteiger partial charge < -0.3 is 15.0 Å². The summed E-state index contributed by atoms with van der Waals surface area (Å²) >= 11 is 1.87. The molecule has 2 aromatic heterocycles. The molecule has 0 aliphatic carbocycles. The van der Waals surface area contributed by atoms with Crippen molar-refractivity contribution in [2.24, 2.45) is 13.0 Å². The zero-order valence-corrected chi connectivity index (χ0v) is 19.6. The van der Waals surface area contributed by atoms with Crippen LogP contribution in [0, 0.1) is 5.92 Å².